The Labute approximate surface area is 192 Å². The van der Waals surface area contributed by atoms with Crippen LogP contribution < -0.4 is 10.2 Å². The molecule has 3 aromatic rings. The van der Waals surface area contributed by atoms with Gasteiger partial charge in [0.05, 0.1) is 16.9 Å². The summed E-state index contributed by atoms with van der Waals surface area (Å²) in [5, 5.41) is 13.8. The number of hydrogen-bond acceptors (Lipinski definition) is 6. The van der Waals surface area contributed by atoms with Crippen molar-refractivity contribution < 1.29 is 9.90 Å². The SMILES string of the molecule is CC(C)CN(CC(C)C)c1ccc(-c2ccccc2C(=O)O)cc1Nc1nc(Cl)ns1. The van der Waals surface area contributed by atoms with E-state index in [1.165, 1.54) is 11.5 Å². The molecule has 0 spiro atoms. The normalized spacial score (nSPS) is 11.2. The van der Waals surface area contributed by atoms with Crippen molar-refractivity contribution in [2.24, 2.45) is 11.8 Å². The minimum absolute atomic E-state index is 0.197. The number of nitrogens with one attached hydrogen (secondary N) is 1. The number of carbonyl (C=O) groups is 1. The zero-order chi connectivity index (χ0) is 22.5. The van der Waals surface area contributed by atoms with Crippen LogP contribution >= 0.6 is 23.1 Å². The van der Waals surface area contributed by atoms with Crippen LogP contribution in [0.5, 0.6) is 0 Å². The van der Waals surface area contributed by atoms with Crippen molar-refractivity contribution in [3.8, 4) is 11.1 Å². The van der Waals surface area contributed by atoms with Crippen molar-refractivity contribution in [2.75, 3.05) is 23.3 Å². The first-order chi connectivity index (χ1) is 14.7. The number of benzene rings is 2. The molecule has 0 bridgehead atoms. The number of carboxylic acid groups (broad SMARTS) is 1. The molecule has 0 saturated carbocycles. The van der Waals surface area contributed by atoms with Crippen LogP contribution in [0.2, 0.25) is 5.28 Å². The van der Waals surface area contributed by atoms with E-state index in [1.807, 2.05) is 30.3 Å². The van der Waals surface area contributed by atoms with Crippen molar-refractivity contribution in [1.82, 2.24) is 9.36 Å². The molecule has 0 atom stereocenters. The number of nitrogens with zero attached hydrogens (tertiary/aromatic N) is 3. The summed E-state index contributed by atoms with van der Waals surface area (Å²) in [7, 11) is 0. The van der Waals surface area contributed by atoms with Crippen molar-refractivity contribution in [3.63, 3.8) is 0 Å². The lowest BCUT2D eigenvalue weighted by Crippen LogP contribution is -2.31. The van der Waals surface area contributed by atoms with Crippen LogP contribution in [-0.4, -0.2) is 33.5 Å². The Balaban J connectivity index is 2.11. The van der Waals surface area contributed by atoms with E-state index in [9.17, 15) is 9.90 Å². The van der Waals surface area contributed by atoms with Gasteiger partial charge in [-0.15, -0.1) is 0 Å². The molecule has 3 rings (SSSR count). The van der Waals surface area contributed by atoms with E-state index in [1.54, 1.807) is 12.1 Å². The minimum atomic E-state index is -0.952. The lowest BCUT2D eigenvalue weighted by atomic mass is 9.98. The highest BCUT2D eigenvalue weighted by molar-refractivity contribution is 7.10. The van der Waals surface area contributed by atoms with Crippen molar-refractivity contribution >= 4 is 45.6 Å². The molecule has 2 aromatic carbocycles. The molecule has 0 amide bonds. The topological polar surface area (TPSA) is 78.4 Å². The molecule has 0 unspecified atom stereocenters. The van der Waals surface area contributed by atoms with Crippen LogP contribution in [0.25, 0.3) is 11.1 Å². The zero-order valence-corrected chi connectivity index (χ0v) is 19.7. The summed E-state index contributed by atoms with van der Waals surface area (Å²) in [4.78, 5) is 18.3. The monoisotopic (exact) mass is 458 g/mol. The highest BCUT2D eigenvalue weighted by Crippen LogP contribution is 2.36. The van der Waals surface area contributed by atoms with E-state index >= 15 is 0 Å². The third kappa shape index (κ3) is 5.95. The first-order valence-corrected chi connectivity index (χ1v) is 11.4. The molecule has 2 N–H and O–H groups in total. The molecule has 0 aliphatic heterocycles. The quantitative estimate of drug-likeness (QED) is 0.385. The molecule has 164 valence electrons. The van der Waals surface area contributed by atoms with Crippen molar-refractivity contribution in [2.45, 2.75) is 27.7 Å². The number of rotatable bonds is 9. The predicted octanol–water partition coefficient (Wildman–Crippen LogP) is 6.42. The third-order valence-electron chi connectivity index (χ3n) is 4.62. The summed E-state index contributed by atoms with van der Waals surface area (Å²) in [6.07, 6.45) is 0. The number of aromatic nitrogens is 2. The van der Waals surface area contributed by atoms with E-state index in [0.29, 0.717) is 22.5 Å². The predicted molar refractivity (Wildman–Crippen MR) is 129 cm³/mol. The molecule has 0 aliphatic rings. The largest absolute Gasteiger partial charge is 0.478 e. The Morgan fingerprint density at radius 2 is 1.81 bits per heavy atom. The lowest BCUT2D eigenvalue weighted by molar-refractivity contribution is 0.0697. The second-order valence-electron chi connectivity index (χ2n) is 8.27. The lowest BCUT2D eigenvalue weighted by Gasteiger charge is -2.30. The number of aromatic carboxylic acids is 1. The number of carboxylic acids is 1. The molecule has 31 heavy (non-hydrogen) atoms. The Kier molecular flexibility index (Phi) is 7.51. The van der Waals surface area contributed by atoms with Crippen LogP contribution in [-0.2, 0) is 0 Å². The first kappa shape index (κ1) is 23.0. The Morgan fingerprint density at radius 1 is 1.13 bits per heavy atom. The second kappa shape index (κ2) is 10.1. The summed E-state index contributed by atoms with van der Waals surface area (Å²) < 4.78 is 4.04. The van der Waals surface area contributed by atoms with Crippen LogP contribution in [0, 0.1) is 11.8 Å². The first-order valence-electron chi connectivity index (χ1n) is 10.2. The van der Waals surface area contributed by atoms with Crippen LogP contribution in [0.15, 0.2) is 42.5 Å². The van der Waals surface area contributed by atoms with Crippen LogP contribution in [0.1, 0.15) is 38.1 Å². The molecule has 6 nitrogen and oxygen atoms in total. The van der Waals surface area contributed by atoms with E-state index in [0.717, 1.165) is 30.0 Å². The molecule has 0 aliphatic carbocycles. The highest BCUT2D eigenvalue weighted by atomic mass is 35.5. The maximum atomic E-state index is 11.7. The Hall–Kier alpha value is -2.64. The smallest absolute Gasteiger partial charge is 0.336 e. The molecular formula is C23H27ClN4O2S. The molecule has 8 heteroatoms. The summed E-state index contributed by atoms with van der Waals surface area (Å²) in [6, 6.07) is 13.0. The van der Waals surface area contributed by atoms with Crippen LogP contribution in [0.3, 0.4) is 0 Å². The van der Waals surface area contributed by atoms with Gasteiger partial charge in [-0.25, -0.2) is 4.79 Å². The summed E-state index contributed by atoms with van der Waals surface area (Å²) in [6.45, 7) is 10.6. The fourth-order valence-electron chi connectivity index (χ4n) is 3.53. The van der Waals surface area contributed by atoms with Gasteiger partial charge in [-0.05, 0) is 52.8 Å². The molecule has 0 fully saturated rings. The number of halogens is 1. The van der Waals surface area contributed by atoms with E-state index in [4.69, 9.17) is 11.6 Å². The van der Waals surface area contributed by atoms with Crippen molar-refractivity contribution in [3.05, 3.63) is 53.3 Å². The van der Waals surface area contributed by atoms with Crippen LogP contribution in [0.4, 0.5) is 16.5 Å². The van der Waals surface area contributed by atoms with Gasteiger partial charge in [0.2, 0.25) is 10.4 Å². The zero-order valence-electron chi connectivity index (χ0n) is 18.1. The van der Waals surface area contributed by atoms with Gasteiger partial charge in [0.25, 0.3) is 0 Å². The third-order valence-corrected chi connectivity index (χ3v) is 5.52. The fraction of sp³-hybridized carbons (Fsp3) is 0.348. The molecule has 0 saturated heterocycles. The second-order valence-corrected chi connectivity index (χ2v) is 9.36. The molecular weight excluding hydrogens is 432 g/mol. The molecule has 1 heterocycles. The van der Waals surface area contributed by atoms with E-state index in [-0.39, 0.29) is 10.8 Å². The average molecular weight is 459 g/mol. The number of hydrogen-bond donors (Lipinski definition) is 2. The van der Waals surface area contributed by atoms with Gasteiger partial charge in [-0.1, -0.05) is 52.0 Å². The molecule has 0 radical (unpaired) electrons. The van der Waals surface area contributed by atoms with Gasteiger partial charge < -0.3 is 15.3 Å². The van der Waals surface area contributed by atoms with Gasteiger partial charge in [-0.3, -0.25) is 0 Å². The maximum Gasteiger partial charge on any atom is 0.336 e. The van der Waals surface area contributed by atoms with E-state index < -0.39 is 5.97 Å². The maximum absolute atomic E-state index is 11.7. The van der Waals surface area contributed by atoms with Gasteiger partial charge in [0.15, 0.2) is 0 Å². The summed E-state index contributed by atoms with van der Waals surface area (Å²) in [5.74, 6) is 0.0105. The minimum Gasteiger partial charge on any atom is -0.478 e. The van der Waals surface area contributed by atoms with Gasteiger partial charge in [0, 0.05) is 24.6 Å². The Bertz CT molecular complexity index is 1040. The fourth-order valence-corrected chi connectivity index (χ4v) is 4.25. The average Bonchev–Trinajstić information content (AvgIpc) is 3.11. The van der Waals surface area contributed by atoms with Crippen molar-refractivity contribution in [1.29, 1.82) is 0 Å². The van der Waals surface area contributed by atoms with Gasteiger partial charge in [0.1, 0.15) is 0 Å². The summed E-state index contributed by atoms with van der Waals surface area (Å²) in [5.41, 5.74) is 3.62. The highest BCUT2D eigenvalue weighted by Gasteiger charge is 2.18. The number of anilines is 3. The Morgan fingerprint density at radius 3 is 2.39 bits per heavy atom. The van der Waals surface area contributed by atoms with Gasteiger partial charge in [-0.2, -0.15) is 9.36 Å². The molecule has 1 aromatic heterocycles. The standard InChI is InChI=1S/C23H27ClN4O2S/c1-14(2)12-28(13-15(3)4)20-10-9-16(17-7-5-6-8-18(17)21(29)30)11-19(20)25-23-26-22(24)27-31-23/h5-11,14-15H,12-13H2,1-4H3,(H,29,30)(H,25,26,27). The summed E-state index contributed by atoms with van der Waals surface area (Å²) >= 11 is 7.11. The van der Waals surface area contributed by atoms with Gasteiger partial charge >= 0.3 is 5.97 Å². The van der Waals surface area contributed by atoms with E-state index in [2.05, 4.69) is 47.3 Å².